The third kappa shape index (κ3) is 27.3. The normalized spacial score (nSPS) is 15.9. The van der Waals surface area contributed by atoms with Crippen LogP contribution in [0.25, 0.3) is 0 Å². The zero-order valence-corrected chi connectivity index (χ0v) is 54.7. The average Bonchev–Trinajstić information content (AvgIpc) is 1.79. The monoisotopic (exact) mass is 1390 g/mol. The number of primary amides is 2. The largest absolute Gasteiger partial charge is 0.508 e. The molecule has 99 heavy (non-hydrogen) atoms. The van der Waals surface area contributed by atoms with Gasteiger partial charge in [-0.3, -0.25) is 67.1 Å². The highest BCUT2D eigenvalue weighted by Gasteiger charge is 2.42. The van der Waals surface area contributed by atoms with Crippen molar-refractivity contribution in [1.82, 2.24) is 52.8 Å². The Morgan fingerprint density at radius 2 is 0.889 bits per heavy atom. The van der Waals surface area contributed by atoms with Crippen molar-refractivity contribution < 1.29 is 103 Å². The molecule has 35 heteroatoms. The molecule has 0 unspecified atom stereocenters. The molecule has 12 atom stereocenters. The molecule has 0 spiro atoms. The Labute approximate surface area is 568 Å². The Balaban J connectivity index is 1.57. The van der Waals surface area contributed by atoms with Gasteiger partial charge in [-0.15, -0.1) is 0 Å². The van der Waals surface area contributed by atoms with Crippen LogP contribution in [-0.2, 0) is 91.2 Å². The van der Waals surface area contributed by atoms with Gasteiger partial charge in [0.05, 0.1) is 37.8 Å². The maximum atomic E-state index is 14.4. The second-order valence-electron chi connectivity index (χ2n) is 24.2. The number of carboxylic acid groups (broad SMARTS) is 3. The van der Waals surface area contributed by atoms with E-state index in [0.29, 0.717) is 36.1 Å². The van der Waals surface area contributed by atoms with Gasteiger partial charge >= 0.3 is 17.9 Å². The molecule has 0 aliphatic carbocycles. The van der Waals surface area contributed by atoms with Crippen LogP contribution in [0.15, 0.2) is 78.9 Å². The summed E-state index contributed by atoms with van der Waals surface area (Å²) in [5.74, 6) is -19.6. The zero-order chi connectivity index (χ0) is 73.8. The van der Waals surface area contributed by atoms with Crippen molar-refractivity contribution in [2.24, 2.45) is 28.9 Å². The number of nitrogens with two attached hydrogens (primary N) is 4. The summed E-state index contributed by atoms with van der Waals surface area (Å²) in [6, 6.07) is -0.308. The van der Waals surface area contributed by atoms with Gasteiger partial charge in [-0.05, 0) is 92.4 Å². The lowest BCUT2D eigenvalue weighted by atomic mass is 10.0. The lowest BCUT2D eigenvalue weighted by Crippen LogP contribution is -2.62. The fourth-order valence-electron chi connectivity index (χ4n) is 10.5. The number of carbonyl (C=O) groups excluding carboxylic acids is 12. The Kier molecular flexibility index (Phi) is 32.1. The fraction of sp³-hybridized carbons (Fsp3) is 0.484. The number of rotatable bonds is 41. The minimum absolute atomic E-state index is 0.0121. The number of aliphatic hydroxyl groups is 1. The number of carbonyl (C=O) groups is 15. The van der Waals surface area contributed by atoms with Crippen molar-refractivity contribution in [3.8, 4) is 11.5 Å². The Morgan fingerprint density at radius 1 is 0.485 bits per heavy atom. The molecule has 0 aromatic heterocycles. The van der Waals surface area contributed by atoms with Gasteiger partial charge in [0.2, 0.25) is 70.9 Å². The van der Waals surface area contributed by atoms with Crippen LogP contribution < -0.4 is 70.8 Å². The molecule has 1 fully saturated rings. The van der Waals surface area contributed by atoms with Crippen LogP contribution in [-0.4, -0.2) is 210 Å². The van der Waals surface area contributed by atoms with Gasteiger partial charge in [0.15, 0.2) is 0 Å². The number of nitrogens with one attached hydrogen (secondary N) is 9. The highest BCUT2D eigenvalue weighted by molar-refractivity contribution is 6.01. The first kappa shape index (κ1) is 80.6. The molecule has 1 heterocycles. The van der Waals surface area contributed by atoms with Crippen molar-refractivity contribution in [2.45, 2.75) is 177 Å². The van der Waals surface area contributed by atoms with Crippen molar-refractivity contribution >= 4 is 88.8 Å². The van der Waals surface area contributed by atoms with Crippen LogP contribution in [0.5, 0.6) is 11.5 Å². The number of carboxylic acids is 3. The van der Waals surface area contributed by atoms with E-state index in [0.717, 1.165) is 11.8 Å². The van der Waals surface area contributed by atoms with E-state index in [1.807, 2.05) is 0 Å². The lowest BCUT2D eigenvalue weighted by molar-refractivity contribution is -0.144. The first-order chi connectivity index (χ1) is 46.6. The first-order valence-corrected chi connectivity index (χ1v) is 31.7. The first-order valence-electron chi connectivity index (χ1n) is 31.7. The summed E-state index contributed by atoms with van der Waals surface area (Å²) in [6.45, 7) is 4.60. The summed E-state index contributed by atoms with van der Waals surface area (Å²) in [6.07, 6.45) is -5.68. The molecule has 3 aromatic rings. The van der Waals surface area contributed by atoms with E-state index in [4.69, 9.17) is 22.9 Å². The van der Waals surface area contributed by atoms with E-state index in [9.17, 15) is 103 Å². The number of amides is 12. The van der Waals surface area contributed by atoms with Gasteiger partial charge < -0.3 is 106 Å². The van der Waals surface area contributed by atoms with E-state index in [2.05, 4.69) is 47.9 Å². The molecule has 1 saturated heterocycles. The third-order valence-corrected chi connectivity index (χ3v) is 15.5. The van der Waals surface area contributed by atoms with Crippen LogP contribution >= 0.6 is 0 Å². The molecule has 4 rings (SSSR count). The van der Waals surface area contributed by atoms with E-state index >= 15 is 0 Å². The fourth-order valence-corrected chi connectivity index (χ4v) is 10.5. The number of phenols is 2. The van der Waals surface area contributed by atoms with Gasteiger partial charge in [0.25, 0.3) is 0 Å². The third-order valence-electron chi connectivity index (χ3n) is 15.5. The second-order valence-corrected chi connectivity index (χ2v) is 24.2. The molecule has 0 radical (unpaired) electrons. The number of hydrogen-bond donors (Lipinski definition) is 19. The SMILES string of the molecule is CC(C)C[C@H](NC(=O)[C@H](CC(=O)O)NC(=O)[C@@H]1CCCN1C(=O)[C@H](Cc1ccc(O)cc1)NC(=O)[C@@H](N)CCCCN)C(=O)N[C@@H](CC(N)=O)C(=O)N[C@@H](Cc1ccccc1)C(=O)N[C@@H](CC(=O)O)C(=O)N[C@@H](CC(N)=O)C(=O)N[C@H](C(=O)N[C@@H](Cc1ccc(O)cc1)C(=O)O)[C@@H](C)O. The highest BCUT2D eigenvalue weighted by Crippen LogP contribution is 2.22. The quantitative estimate of drug-likeness (QED) is 0.0237. The number of phenolic OH excluding ortho intramolecular Hbond substituents is 2. The summed E-state index contributed by atoms with van der Waals surface area (Å²) in [7, 11) is 0. The van der Waals surface area contributed by atoms with Gasteiger partial charge in [0.1, 0.15) is 71.9 Å². The van der Waals surface area contributed by atoms with Crippen LogP contribution in [0, 0.1) is 5.92 Å². The topological polar surface area (TPSA) is 593 Å². The van der Waals surface area contributed by atoms with E-state index in [1.54, 1.807) is 19.9 Å². The van der Waals surface area contributed by atoms with Gasteiger partial charge in [0, 0.05) is 25.8 Å². The predicted molar refractivity (Wildman–Crippen MR) is 348 cm³/mol. The van der Waals surface area contributed by atoms with Crippen LogP contribution in [0.4, 0.5) is 0 Å². The number of aliphatic hydroxyl groups excluding tert-OH is 1. The molecule has 0 saturated carbocycles. The molecule has 23 N–H and O–H groups in total. The van der Waals surface area contributed by atoms with Gasteiger partial charge in [-0.1, -0.05) is 74.9 Å². The van der Waals surface area contributed by atoms with Gasteiger partial charge in [-0.2, -0.15) is 0 Å². The molecular weight excluding hydrogens is 1300 g/mol. The number of nitrogens with zero attached hydrogens (tertiary/aromatic N) is 1. The second kappa shape index (κ2) is 39.4. The van der Waals surface area contributed by atoms with E-state index < -0.39 is 199 Å². The number of benzene rings is 3. The molecule has 0 bridgehead atoms. The number of aliphatic carboxylic acids is 3. The standard InChI is InChI=1S/C64H88N14O21/c1-32(2)24-40(69-59(93)45(31-52(86)87)74-61(95)48-13-9-23-78(48)63(97)46(26-35-14-18-37(80)19-15-35)75-54(88)39(66)12-7-8-22-65)55(89)71-42(28-49(67)82)57(91)70-41(25-34-10-5-4-6-11-34)56(90)73-44(30-51(84)85)58(92)72-43(29-50(68)83)60(94)77-53(33(3)79)62(96)76-47(64(98)99)27-36-16-20-38(81)21-17-36/h4-6,10-11,14-21,32-33,39-48,53,79-81H,7-9,12-13,22-31,65-66H2,1-3H3,(H2,67,82)(H2,68,83)(H,69,93)(H,70,91)(H,71,89)(H,72,92)(H,73,90)(H,74,95)(H,75,88)(H,76,96)(H,77,94)(H,84,85)(H,86,87)(H,98,99)/t33-,39+,40+,41+,42+,43+,44+,45+,46+,47+,48+,53+/m1/s1. The summed E-state index contributed by atoms with van der Waals surface area (Å²) in [5.41, 5.74) is 23.8. The van der Waals surface area contributed by atoms with Crippen molar-refractivity contribution in [1.29, 1.82) is 0 Å². The minimum atomic E-state index is -2.17. The Hall–Kier alpha value is -10.8. The summed E-state index contributed by atoms with van der Waals surface area (Å²) >= 11 is 0. The lowest BCUT2D eigenvalue weighted by Gasteiger charge is -2.30. The average molecular weight is 1390 g/mol. The summed E-state index contributed by atoms with van der Waals surface area (Å²) in [5, 5.41) is 80.5. The predicted octanol–water partition coefficient (Wildman–Crippen LogP) is -4.85. The van der Waals surface area contributed by atoms with Gasteiger partial charge in [-0.25, -0.2) is 4.79 Å². The summed E-state index contributed by atoms with van der Waals surface area (Å²) < 4.78 is 0. The highest BCUT2D eigenvalue weighted by atomic mass is 16.4. The maximum absolute atomic E-state index is 14.4. The van der Waals surface area contributed by atoms with Crippen LogP contribution in [0.2, 0.25) is 0 Å². The smallest absolute Gasteiger partial charge is 0.326 e. The minimum Gasteiger partial charge on any atom is -0.508 e. The molecule has 540 valence electrons. The number of hydrogen-bond acceptors (Lipinski definition) is 20. The molecule has 12 amide bonds. The molecular formula is C64H88N14O21. The van der Waals surface area contributed by atoms with Crippen molar-refractivity contribution in [3.63, 3.8) is 0 Å². The maximum Gasteiger partial charge on any atom is 0.326 e. The molecule has 35 nitrogen and oxygen atoms in total. The van der Waals surface area contributed by atoms with Crippen molar-refractivity contribution in [2.75, 3.05) is 13.1 Å². The van der Waals surface area contributed by atoms with E-state index in [1.165, 1.54) is 72.8 Å². The summed E-state index contributed by atoms with van der Waals surface area (Å²) in [4.78, 5) is 203. The van der Waals surface area contributed by atoms with Crippen LogP contribution in [0.1, 0.15) is 102 Å². The van der Waals surface area contributed by atoms with Crippen molar-refractivity contribution in [3.05, 3.63) is 95.6 Å². The zero-order valence-electron chi connectivity index (χ0n) is 54.7. The number of unbranched alkanes of at least 4 members (excludes halogenated alkanes) is 1. The van der Waals surface area contributed by atoms with E-state index in [-0.39, 0.29) is 56.6 Å². The van der Waals surface area contributed by atoms with Crippen LogP contribution in [0.3, 0.4) is 0 Å². The molecule has 1 aliphatic rings. The Morgan fingerprint density at radius 3 is 1.35 bits per heavy atom. The number of likely N-dealkylation sites (tertiary alicyclic amines) is 1. The molecule has 3 aromatic carbocycles. The Bertz CT molecular complexity index is 3360. The molecule has 1 aliphatic heterocycles. The number of aromatic hydroxyl groups is 2.